The number of nitrogens with two attached hydrogens (primary N) is 1. The number of halogens is 1. The van der Waals surface area contributed by atoms with Crippen molar-refractivity contribution in [2.45, 2.75) is 52.5 Å². The van der Waals surface area contributed by atoms with Gasteiger partial charge in [-0.15, -0.1) is 12.4 Å². The number of carbonyl (C=O) groups is 1. The van der Waals surface area contributed by atoms with Gasteiger partial charge in [-0.2, -0.15) is 0 Å². The van der Waals surface area contributed by atoms with E-state index in [0.29, 0.717) is 6.42 Å². The second-order valence-electron chi connectivity index (χ2n) is 7.04. The molecule has 3 nitrogen and oxygen atoms in total. The van der Waals surface area contributed by atoms with Crippen molar-refractivity contribution in [3.63, 3.8) is 0 Å². The molecule has 1 fully saturated rings. The molecule has 2 rings (SSSR count). The first-order valence-corrected chi connectivity index (χ1v) is 7.97. The molecule has 0 aromatic heterocycles. The third-order valence-electron chi connectivity index (χ3n) is 4.64. The molecule has 22 heavy (non-hydrogen) atoms. The highest BCUT2D eigenvalue weighted by molar-refractivity contribution is 5.85. The summed E-state index contributed by atoms with van der Waals surface area (Å²) in [5, 5.41) is 0. The zero-order chi connectivity index (χ0) is 15.5. The van der Waals surface area contributed by atoms with E-state index in [-0.39, 0.29) is 29.8 Å². The lowest BCUT2D eigenvalue weighted by molar-refractivity contribution is -0.134. The number of likely N-dealkylation sites (tertiary alicyclic amines) is 1. The summed E-state index contributed by atoms with van der Waals surface area (Å²) < 4.78 is 0. The number of aryl methyl sites for hydroxylation is 2. The highest BCUT2D eigenvalue weighted by Gasteiger charge is 2.34. The van der Waals surface area contributed by atoms with Crippen molar-refractivity contribution < 1.29 is 4.79 Å². The quantitative estimate of drug-likeness (QED) is 0.923. The van der Waals surface area contributed by atoms with Gasteiger partial charge in [0.1, 0.15) is 0 Å². The van der Waals surface area contributed by atoms with Gasteiger partial charge in [0.2, 0.25) is 5.91 Å². The van der Waals surface area contributed by atoms with E-state index in [9.17, 15) is 4.79 Å². The molecule has 124 valence electrons. The van der Waals surface area contributed by atoms with Gasteiger partial charge >= 0.3 is 0 Å². The minimum absolute atomic E-state index is 0. The third-order valence-corrected chi connectivity index (χ3v) is 4.64. The van der Waals surface area contributed by atoms with Crippen LogP contribution in [0, 0.1) is 12.3 Å². The van der Waals surface area contributed by atoms with Crippen LogP contribution in [0.3, 0.4) is 0 Å². The van der Waals surface area contributed by atoms with Crippen molar-refractivity contribution in [3.8, 4) is 0 Å². The summed E-state index contributed by atoms with van der Waals surface area (Å²) in [4.78, 5) is 14.3. The van der Waals surface area contributed by atoms with Gasteiger partial charge in [-0.05, 0) is 37.2 Å². The molecule has 1 atom stereocenters. The van der Waals surface area contributed by atoms with Crippen molar-refractivity contribution in [1.29, 1.82) is 0 Å². The molecule has 0 bridgehead atoms. The van der Waals surface area contributed by atoms with E-state index in [1.54, 1.807) is 0 Å². The van der Waals surface area contributed by atoms with Crippen molar-refractivity contribution in [3.05, 3.63) is 35.4 Å². The molecule has 1 heterocycles. The van der Waals surface area contributed by atoms with E-state index in [0.717, 1.165) is 32.4 Å². The number of piperidine rings is 1. The molecular weight excluding hydrogens is 296 g/mol. The summed E-state index contributed by atoms with van der Waals surface area (Å²) in [6, 6.07) is 8.78. The maximum atomic E-state index is 12.3. The lowest BCUT2D eigenvalue weighted by Crippen LogP contribution is -2.53. The highest BCUT2D eigenvalue weighted by Crippen LogP contribution is 2.28. The van der Waals surface area contributed by atoms with Gasteiger partial charge in [0.15, 0.2) is 0 Å². The Morgan fingerprint density at radius 2 is 1.95 bits per heavy atom. The summed E-state index contributed by atoms with van der Waals surface area (Å²) in [6.45, 7) is 8.01. The number of rotatable bonds is 4. The molecule has 2 N–H and O–H groups in total. The molecule has 0 spiro atoms. The Morgan fingerprint density at radius 3 is 2.55 bits per heavy atom. The van der Waals surface area contributed by atoms with Crippen LogP contribution in [0.15, 0.2) is 24.3 Å². The lowest BCUT2D eigenvalue weighted by atomic mass is 9.79. The normalized spacial score (nSPS) is 20.4. The SMILES string of the molecule is Cc1ccc(CCCC(=O)N2CCC(N)C(C)(C)C2)cc1.Cl. The summed E-state index contributed by atoms with van der Waals surface area (Å²) in [6.07, 6.45) is 3.45. The number of carbonyl (C=O) groups excluding carboxylic acids is 1. The van der Waals surface area contributed by atoms with Crippen LogP contribution >= 0.6 is 12.4 Å². The van der Waals surface area contributed by atoms with Crippen LogP contribution < -0.4 is 5.73 Å². The number of amides is 1. The summed E-state index contributed by atoms with van der Waals surface area (Å²) in [5.74, 6) is 0.280. The Hall–Kier alpha value is -1.06. The van der Waals surface area contributed by atoms with Crippen LogP contribution in [0.2, 0.25) is 0 Å². The molecule has 0 saturated carbocycles. The monoisotopic (exact) mass is 324 g/mol. The van der Waals surface area contributed by atoms with Crippen LogP contribution in [0.4, 0.5) is 0 Å². The molecule has 1 unspecified atom stereocenters. The fourth-order valence-corrected chi connectivity index (χ4v) is 2.94. The predicted octanol–water partition coefficient (Wildman–Crippen LogP) is 3.33. The van der Waals surface area contributed by atoms with Crippen molar-refractivity contribution in [1.82, 2.24) is 4.90 Å². The van der Waals surface area contributed by atoms with E-state index in [1.165, 1.54) is 11.1 Å². The fourth-order valence-electron chi connectivity index (χ4n) is 2.94. The molecule has 1 aliphatic heterocycles. The average Bonchev–Trinajstić information content (AvgIpc) is 2.44. The Labute approximate surface area is 140 Å². The standard InChI is InChI=1S/C18H28N2O.ClH/c1-14-7-9-15(10-8-14)5-4-6-17(21)20-12-11-16(19)18(2,3)13-20;/h7-10,16H,4-6,11-13,19H2,1-3H3;1H. The first-order chi connectivity index (χ1) is 9.88. The summed E-state index contributed by atoms with van der Waals surface area (Å²) in [7, 11) is 0. The van der Waals surface area contributed by atoms with Gasteiger partial charge in [0, 0.05) is 25.6 Å². The number of hydrogen-bond donors (Lipinski definition) is 1. The maximum absolute atomic E-state index is 12.3. The topological polar surface area (TPSA) is 46.3 Å². The fraction of sp³-hybridized carbons (Fsp3) is 0.611. The van der Waals surface area contributed by atoms with Crippen molar-refractivity contribution in [2.24, 2.45) is 11.1 Å². The van der Waals surface area contributed by atoms with Gasteiger partial charge in [-0.25, -0.2) is 0 Å². The Morgan fingerprint density at radius 1 is 1.32 bits per heavy atom. The Bertz CT molecular complexity index is 484. The zero-order valence-corrected chi connectivity index (χ0v) is 14.8. The summed E-state index contributed by atoms with van der Waals surface area (Å²) in [5.41, 5.74) is 8.75. The number of benzene rings is 1. The van der Waals surface area contributed by atoms with Crippen LogP contribution in [-0.2, 0) is 11.2 Å². The first-order valence-electron chi connectivity index (χ1n) is 7.97. The van der Waals surface area contributed by atoms with Crippen molar-refractivity contribution >= 4 is 18.3 Å². The van der Waals surface area contributed by atoms with E-state index >= 15 is 0 Å². The Balaban J connectivity index is 0.00000242. The first kappa shape index (κ1) is 19.0. The average molecular weight is 325 g/mol. The minimum atomic E-state index is 0. The van der Waals surface area contributed by atoms with Crippen LogP contribution in [0.25, 0.3) is 0 Å². The molecule has 1 aromatic rings. The molecule has 4 heteroatoms. The second-order valence-corrected chi connectivity index (χ2v) is 7.04. The van der Waals surface area contributed by atoms with E-state index in [4.69, 9.17) is 5.73 Å². The van der Waals surface area contributed by atoms with Crippen molar-refractivity contribution in [2.75, 3.05) is 13.1 Å². The smallest absolute Gasteiger partial charge is 0.222 e. The lowest BCUT2D eigenvalue weighted by Gasteiger charge is -2.42. The molecular formula is C18H29ClN2O. The number of hydrogen-bond acceptors (Lipinski definition) is 2. The molecule has 1 aromatic carbocycles. The molecule has 1 amide bonds. The number of nitrogens with zero attached hydrogens (tertiary/aromatic N) is 1. The van der Waals surface area contributed by atoms with Gasteiger partial charge in [0.05, 0.1) is 0 Å². The molecule has 0 radical (unpaired) electrons. The van der Waals surface area contributed by atoms with E-state index in [2.05, 4.69) is 45.0 Å². The summed E-state index contributed by atoms with van der Waals surface area (Å²) >= 11 is 0. The molecule has 1 saturated heterocycles. The molecule has 1 aliphatic rings. The second kappa shape index (κ2) is 7.98. The van der Waals surface area contributed by atoms with Crippen LogP contribution in [0.1, 0.15) is 44.2 Å². The van der Waals surface area contributed by atoms with E-state index in [1.807, 2.05) is 4.90 Å². The maximum Gasteiger partial charge on any atom is 0.222 e. The van der Waals surface area contributed by atoms with E-state index < -0.39 is 0 Å². The van der Waals surface area contributed by atoms with Crippen LogP contribution in [-0.4, -0.2) is 29.9 Å². The van der Waals surface area contributed by atoms with Gasteiger partial charge in [-0.1, -0.05) is 43.7 Å². The van der Waals surface area contributed by atoms with Gasteiger partial charge in [-0.3, -0.25) is 4.79 Å². The third kappa shape index (κ3) is 4.99. The molecule has 0 aliphatic carbocycles. The predicted molar refractivity (Wildman–Crippen MR) is 94.3 cm³/mol. The Kier molecular flexibility index (Phi) is 6.89. The zero-order valence-electron chi connectivity index (χ0n) is 14.0. The van der Waals surface area contributed by atoms with Gasteiger partial charge < -0.3 is 10.6 Å². The highest BCUT2D eigenvalue weighted by atomic mass is 35.5. The van der Waals surface area contributed by atoms with Crippen LogP contribution in [0.5, 0.6) is 0 Å². The largest absolute Gasteiger partial charge is 0.342 e. The van der Waals surface area contributed by atoms with Gasteiger partial charge in [0.25, 0.3) is 0 Å². The minimum Gasteiger partial charge on any atom is -0.342 e.